The third-order valence-electron chi connectivity index (χ3n) is 3.91. The summed E-state index contributed by atoms with van der Waals surface area (Å²) >= 11 is 3.50. The summed E-state index contributed by atoms with van der Waals surface area (Å²) in [5.41, 5.74) is 0.401. The Balaban J connectivity index is 1.63. The van der Waals surface area contributed by atoms with E-state index in [0.29, 0.717) is 11.4 Å². The number of nitrogens with one attached hydrogen (secondary N) is 2. The summed E-state index contributed by atoms with van der Waals surface area (Å²) in [6.07, 6.45) is 0. The second-order valence-electron chi connectivity index (χ2n) is 6.12. The van der Waals surface area contributed by atoms with E-state index in [4.69, 9.17) is 4.74 Å². The summed E-state index contributed by atoms with van der Waals surface area (Å²) in [5.74, 6) is -0.544. The Morgan fingerprint density at radius 2 is 1.69 bits per heavy atom. The van der Waals surface area contributed by atoms with Gasteiger partial charge in [0.2, 0.25) is 5.91 Å². The van der Waals surface area contributed by atoms with Crippen LogP contribution in [0.5, 0.6) is 5.75 Å². The summed E-state index contributed by atoms with van der Waals surface area (Å²) in [7, 11) is -3.92. The van der Waals surface area contributed by atoms with Crippen molar-refractivity contribution in [2.45, 2.75) is 11.8 Å². The van der Waals surface area contributed by atoms with Crippen LogP contribution in [0.3, 0.4) is 0 Å². The van der Waals surface area contributed by atoms with Crippen LogP contribution in [0.15, 0.2) is 70.0 Å². The van der Waals surface area contributed by atoms with Crippen LogP contribution in [0, 0.1) is 0 Å². The number of carbonyl (C=O) groups excluding carboxylic acids is 2. The Labute approximate surface area is 176 Å². The van der Waals surface area contributed by atoms with Crippen molar-refractivity contribution >= 4 is 54.2 Å². The molecule has 0 aromatic heterocycles. The maximum atomic E-state index is 12.2. The van der Waals surface area contributed by atoms with E-state index in [1.807, 2.05) is 35.1 Å². The van der Waals surface area contributed by atoms with E-state index in [2.05, 4.69) is 21.2 Å². The van der Waals surface area contributed by atoms with Crippen molar-refractivity contribution < 1.29 is 22.7 Å². The first-order valence-corrected chi connectivity index (χ1v) is 10.8. The Kier molecular flexibility index (Phi) is 6.19. The number of anilines is 1. The molecular formula is C20H17BrN2O5S. The molecule has 0 aliphatic rings. The largest absolute Gasteiger partial charge is 0.483 e. The van der Waals surface area contributed by atoms with Gasteiger partial charge in [-0.15, -0.1) is 0 Å². The summed E-state index contributed by atoms with van der Waals surface area (Å²) in [6, 6.07) is 16.9. The zero-order chi connectivity index (χ0) is 21.0. The molecule has 3 aromatic carbocycles. The van der Waals surface area contributed by atoms with Gasteiger partial charge in [-0.1, -0.05) is 30.3 Å². The lowest BCUT2D eigenvalue weighted by atomic mass is 10.1. The maximum absolute atomic E-state index is 12.2. The van der Waals surface area contributed by atoms with Crippen LogP contribution < -0.4 is 14.8 Å². The van der Waals surface area contributed by atoms with Gasteiger partial charge in [0.1, 0.15) is 5.75 Å². The quantitative estimate of drug-likeness (QED) is 0.567. The molecule has 7 nitrogen and oxygen atoms in total. The monoisotopic (exact) mass is 476 g/mol. The van der Waals surface area contributed by atoms with E-state index in [0.717, 1.165) is 22.2 Å². The van der Waals surface area contributed by atoms with Crippen LogP contribution in [-0.4, -0.2) is 26.8 Å². The van der Waals surface area contributed by atoms with Gasteiger partial charge in [-0.25, -0.2) is 13.1 Å². The summed E-state index contributed by atoms with van der Waals surface area (Å²) in [5, 5.41) is 4.65. The number of fused-ring (bicyclic) bond motifs is 1. The Morgan fingerprint density at radius 1 is 1.00 bits per heavy atom. The third-order valence-corrected chi connectivity index (χ3v) is 6.18. The van der Waals surface area contributed by atoms with E-state index in [1.54, 1.807) is 6.07 Å². The number of benzene rings is 3. The number of ether oxygens (including phenoxy) is 1. The van der Waals surface area contributed by atoms with E-state index in [-0.39, 0.29) is 11.5 Å². The topological polar surface area (TPSA) is 102 Å². The van der Waals surface area contributed by atoms with Crippen LogP contribution in [0.4, 0.5) is 5.69 Å². The van der Waals surface area contributed by atoms with Gasteiger partial charge in [0.25, 0.3) is 15.9 Å². The van der Waals surface area contributed by atoms with Gasteiger partial charge in [0, 0.05) is 12.6 Å². The third kappa shape index (κ3) is 5.12. The lowest BCUT2D eigenvalue weighted by molar-refractivity contribution is -0.118. The predicted octanol–water partition coefficient (Wildman–Crippen LogP) is 3.44. The first-order chi connectivity index (χ1) is 13.8. The SMILES string of the molecule is CC(=O)NS(=O)(=O)c1ccc(NC(=O)COc2ccc3ccccc3c2Br)cc1. The van der Waals surface area contributed by atoms with Crippen LogP contribution in [-0.2, 0) is 19.6 Å². The summed E-state index contributed by atoms with van der Waals surface area (Å²) in [4.78, 5) is 23.0. The Hall–Kier alpha value is -2.91. The molecule has 0 fully saturated rings. The number of hydrogen-bond acceptors (Lipinski definition) is 5. The fourth-order valence-electron chi connectivity index (χ4n) is 2.63. The smallest absolute Gasteiger partial charge is 0.264 e. The van der Waals surface area contributed by atoms with Gasteiger partial charge in [-0.05, 0) is 57.0 Å². The standard InChI is InChI=1S/C20H17BrN2O5S/c1-13(24)23-29(26,27)16-9-7-15(8-10-16)22-19(25)12-28-18-11-6-14-4-2-3-5-17(14)20(18)21/h2-11H,12H2,1H3,(H,22,25)(H,23,24). The van der Waals surface area contributed by atoms with Crippen molar-refractivity contribution in [3.05, 3.63) is 65.1 Å². The second-order valence-corrected chi connectivity index (χ2v) is 8.60. The molecule has 150 valence electrons. The fourth-order valence-corrected chi connectivity index (χ4v) is 4.23. The van der Waals surface area contributed by atoms with Gasteiger partial charge in [-0.2, -0.15) is 0 Å². The molecule has 0 atom stereocenters. The van der Waals surface area contributed by atoms with Gasteiger partial charge in [-0.3, -0.25) is 9.59 Å². The zero-order valence-corrected chi connectivity index (χ0v) is 17.7. The highest BCUT2D eigenvalue weighted by Crippen LogP contribution is 2.33. The molecule has 0 saturated heterocycles. The average molecular weight is 477 g/mol. The van der Waals surface area contributed by atoms with Crippen LogP contribution in [0.25, 0.3) is 10.8 Å². The molecule has 0 radical (unpaired) electrons. The molecule has 0 unspecified atom stereocenters. The normalized spacial score (nSPS) is 11.1. The highest BCUT2D eigenvalue weighted by molar-refractivity contribution is 9.10. The number of carbonyl (C=O) groups is 2. The molecule has 0 saturated carbocycles. The second kappa shape index (κ2) is 8.62. The fraction of sp³-hybridized carbons (Fsp3) is 0.100. The maximum Gasteiger partial charge on any atom is 0.264 e. The number of rotatable bonds is 6. The van der Waals surface area contributed by atoms with Crippen molar-refractivity contribution in [1.82, 2.24) is 4.72 Å². The van der Waals surface area contributed by atoms with E-state index in [1.165, 1.54) is 24.3 Å². The minimum Gasteiger partial charge on any atom is -0.483 e. The highest BCUT2D eigenvalue weighted by atomic mass is 79.9. The number of halogens is 1. The van der Waals surface area contributed by atoms with Crippen molar-refractivity contribution in [3.8, 4) is 5.75 Å². The van der Waals surface area contributed by atoms with Gasteiger partial charge in [0.15, 0.2) is 6.61 Å². The van der Waals surface area contributed by atoms with Crippen molar-refractivity contribution in [1.29, 1.82) is 0 Å². The molecule has 9 heteroatoms. The lowest BCUT2D eigenvalue weighted by Crippen LogP contribution is -2.28. The molecule has 0 aliphatic carbocycles. The molecule has 0 heterocycles. The number of hydrogen-bond donors (Lipinski definition) is 2. The molecule has 2 amide bonds. The zero-order valence-electron chi connectivity index (χ0n) is 15.3. The van der Waals surface area contributed by atoms with Crippen LogP contribution in [0.1, 0.15) is 6.92 Å². The molecule has 0 spiro atoms. The van der Waals surface area contributed by atoms with Gasteiger partial charge in [0.05, 0.1) is 9.37 Å². The van der Waals surface area contributed by atoms with E-state index in [9.17, 15) is 18.0 Å². The molecular weight excluding hydrogens is 460 g/mol. The summed E-state index contributed by atoms with van der Waals surface area (Å²) in [6.45, 7) is 0.892. The van der Waals surface area contributed by atoms with Crippen molar-refractivity contribution in [2.75, 3.05) is 11.9 Å². The molecule has 0 aliphatic heterocycles. The molecule has 0 bridgehead atoms. The van der Waals surface area contributed by atoms with Crippen LogP contribution in [0.2, 0.25) is 0 Å². The summed E-state index contributed by atoms with van der Waals surface area (Å²) < 4.78 is 32.1. The molecule has 3 rings (SSSR count). The number of sulfonamides is 1. The van der Waals surface area contributed by atoms with E-state index < -0.39 is 21.8 Å². The number of amides is 2. The van der Waals surface area contributed by atoms with Crippen molar-refractivity contribution in [3.63, 3.8) is 0 Å². The first kappa shape index (κ1) is 20.8. The molecule has 3 aromatic rings. The lowest BCUT2D eigenvalue weighted by Gasteiger charge is -2.11. The van der Waals surface area contributed by atoms with Crippen LogP contribution >= 0.6 is 15.9 Å². The minimum atomic E-state index is -3.92. The molecule has 2 N–H and O–H groups in total. The minimum absolute atomic E-state index is 0.0814. The predicted molar refractivity (Wildman–Crippen MR) is 113 cm³/mol. The van der Waals surface area contributed by atoms with Gasteiger partial charge >= 0.3 is 0 Å². The van der Waals surface area contributed by atoms with Crippen molar-refractivity contribution in [2.24, 2.45) is 0 Å². The highest BCUT2D eigenvalue weighted by Gasteiger charge is 2.15. The van der Waals surface area contributed by atoms with E-state index >= 15 is 0 Å². The Bertz CT molecular complexity index is 1180. The van der Waals surface area contributed by atoms with Gasteiger partial charge < -0.3 is 10.1 Å². The average Bonchev–Trinajstić information content (AvgIpc) is 2.67. The Morgan fingerprint density at radius 3 is 2.38 bits per heavy atom. The first-order valence-electron chi connectivity index (χ1n) is 8.49. The molecule has 29 heavy (non-hydrogen) atoms.